The molecule has 0 radical (unpaired) electrons. The highest BCUT2D eigenvalue weighted by Gasteiger charge is 2.10. The zero-order valence-electron chi connectivity index (χ0n) is 14.6. The smallest absolute Gasteiger partial charge is 0.125 e. The van der Waals surface area contributed by atoms with E-state index in [1.54, 1.807) is 0 Å². The summed E-state index contributed by atoms with van der Waals surface area (Å²) < 4.78 is 11.3. The standard InChI is InChI=1S/C18H31NO3/c1-13(2)21-10-6-9-19-11-17(20)12-22-18-15(4)8-7-14(3)16(18)5/h7-8,13,17,19-20H,6,9-12H2,1-5H3. The van der Waals surface area contributed by atoms with Gasteiger partial charge in [-0.25, -0.2) is 0 Å². The van der Waals surface area contributed by atoms with Gasteiger partial charge in [0.25, 0.3) is 0 Å². The SMILES string of the molecule is Cc1ccc(C)c(OCC(O)CNCCCOC(C)C)c1C. The Morgan fingerprint density at radius 1 is 1.14 bits per heavy atom. The minimum Gasteiger partial charge on any atom is -0.490 e. The van der Waals surface area contributed by atoms with E-state index in [1.165, 1.54) is 5.56 Å². The van der Waals surface area contributed by atoms with Gasteiger partial charge in [-0.15, -0.1) is 0 Å². The van der Waals surface area contributed by atoms with E-state index in [2.05, 4.69) is 31.3 Å². The molecule has 1 atom stereocenters. The molecule has 4 nitrogen and oxygen atoms in total. The van der Waals surface area contributed by atoms with Crippen LogP contribution >= 0.6 is 0 Å². The summed E-state index contributed by atoms with van der Waals surface area (Å²) in [7, 11) is 0. The summed E-state index contributed by atoms with van der Waals surface area (Å²) in [5, 5.41) is 13.2. The number of rotatable bonds is 10. The number of hydrogen-bond acceptors (Lipinski definition) is 4. The molecule has 2 N–H and O–H groups in total. The maximum absolute atomic E-state index is 9.99. The van der Waals surface area contributed by atoms with Gasteiger partial charge in [0, 0.05) is 13.2 Å². The molecule has 0 bridgehead atoms. The molecule has 0 aliphatic heterocycles. The molecule has 0 aromatic heterocycles. The topological polar surface area (TPSA) is 50.7 Å². The van der Waals surface area contributed by atoms with Gasteiger partial charge in [-0.3, -0.25) is 0 Å². The van der Waals surface area contributed by atoms with Crippen molar-refractivity contribution in [3.63, 3.8) is 0 Å². The van der Waals surface area contributed by atoms with Crippen LogP contribution in [0.2, 0.25) is 0 Å². The third-order valence-corrected chi connectivity index (χ3v) is 3.62. The van der Waals surface area contributed by atoms with E-state index in [0.717, 1.165) is 36.4 Å². The summed E-state index contributed by atoms with van der Waals surface area (Å²) in [6.07, 6.45) is 0.715. The highest BCUT2D eigenvalue weighted by Crippen LogP contribution is 2.25. The predicted molar refractivity (Wildman–Crippen MR) is 90.7 cm³/mol. The van der Waals surface area contributed by atoms with Crippen LogP contribution in [0.1, 0.15) is 37.0 Å². The van der Waals surface area contributed by atoms with E-state index < -0.39 is 6.10 Å². The molecule has 1 aromatic carbocycles. The average Bonchev–Trinajstić information content (AvgIpc) is 2.46. The van der Waals surface area contributed by atoms with Gasteiger partial charge in [-0.2, -0.15) is 0 Å². The maximum Gasteiger partial charge on any atom is 0.125 e. The highest BCUT2D eigenvalue weighted by molar-refractivity contribution is 5.44. The van der Waals surface area contributed by atoms with Gasteiger partial charge in [-0.05, 0) is 64.3 Å². The second-order valence-electron chi connectivity index (χ2n) is 6.10. The number of aliphatic hydroxyl groups excluding tert-OH is 1. The van der Waals surface area contributed by atoms with Crippen LogP contribution in [0.4, 0.5) is 0 Å². The number of nitrogens with one attached hydrogen (secondary N) is 1. The Morgan fingerprint density at radius 2 is 1.82 bits per heavy atom. The van der Waals surface area contributed by atoms with Crippen molar-refractivity contribution in [1.82, 2.24) is 5.32 Å². The molecule has 22 heavy (non-hydrogen) atoms. The molecule has 0 spiro atoms. The molecule has 1 rings (SSSR count). The second kappa shape index (κ2) is 9.82. The fraction of sp³-hybridized carbons (Fsp3) is 0.667. The third-order valence-electron chi connectivity index (χ3n) is 3.62. The van der Waals surface area contributed by atoms with Crippen LogP contribution in [-0.4, -0.2) is 43.6 Å². The van der Waals surface area contributed by atoms with Gasteiger partial charge in [0.2, 0.25) is 0 Å². The van der Waals surface area contributed by atoms with Crippen molar-refractivity contribution in [2.75, 3.05) is 26.3 Å². The average molecular weight is 309 g/mol. The van der Waals surface area contributed by atoms with Crippen LogP contribution in [0.5, 0.6) is 5.75 Å². The van der Waals surface area contributed by atoms with E-state index in [-0.39, 0.29) is 6.10 Å². The maximum atomic E-state index is 9.99. The fourth-order valence-electron chi connectivity index (χ4n) is 2.17. The normalized spacial score (nSPS) is 12.7. The van der Waals surface area contributed by atoms with Crippen LogP contribution in [-0.2, 0) is 4.74 Å². The first-order valence-electron chi connectivity index (χ1n) is 8.11. The van der Waals surface area contributed by atoms with Crippen molar-refractivity contribution in [2.24, 2.45) is 0 Å². The third kappa shape index (κ3) is 6.77. The Balaban J connectivity index is 2.24. The Labute approximate surface area is 134 Å². The monoisotopic (exact) mass is 309 g/mol. The quantitative estimate of drug-likeness (QED) is 0.653. The van der Waals surface area contributed by atoms with Crippen LogP contribution in [0, 0.1) is 20.8 Å². The second-order valence-corrected chi connectivity index (χ2v) is 6.10. The first-order chi connectivity index (χ1) is 10.4. The number of benzene rings is 1. The molecule has 1 unspecified atom stereocenters. The lowest BCUT2D eigenvalue weighted by atomic mass is 10.1. The molecular weight excluding hydrogens is 278 g/mol. The lowest BCUT2D eigenvalue weighted by Crippen LogP contribution is -2.32. The Morgan fingerprint density at radius 3 is 2.50 bits per heavy atom. The zero-order chi connectivity index (χ0) is 16.5. The van der Waals surface area contributed by atoms with E-state index in [9.17, 15) is 5.11 Å². The van der Waals surface area contributed by atoms with E-state index in [4.69, 9.17) is 9.47 Å². The van der Waals surface area contributed by atoms with Gasteiger partial charge in [-0.1, -0.05) is 12.1 Å². The van der Waals surface area contributed by atoms with E-state index in [1.807, 2.05) is 20.8 Å². The Hall–Kier alpha value is -1.10. The minimum absolute atomic E-state index is 0.278. The Kier molecular flexibility index (Phi) is 8.46. The van der Waals surface area contributed by atoms with Crippen molar-refractivity contribution in [3.8, 4) is 5.75 Å². The molecule has 1 aromatic rings. The van der Waals surface area contributed by atoms with Crippen molar-refractivity contribution >= 4 is 0 Å². The molecular formula is C18H31NO3. The van der Waals surface area contributed by atoms with Crippen molar-refractivity contribution in [3.05, 3.63) is 28.8 Å². The van der Waals surface area contributed by atoms with Crippen molar-refractivity contribution < 1.29 is 14.6 Å². The molecule has 0 heterocycles. The molecule has 0 saturated carbocycles. The largest absolute Gasteiger partial charge is 0.490 e. The first kappa shape index (κ1) is 18.9. The number of aryl methyl sites for hydroxylation is 2. The minimum atomic E-state index is -0.509. The van der Waals surface area contributed by atoms with Crippen LogP contribution in [0.3, 0.4) is 0 Å². The summed E-state index contributed by atoms with van der Waals surface area (Å²) in [4.78, 5) is 0. The summed E-state index contributed by atoms with van der Waals surface area (Å²) in [5.74, 6) is 0.893. The first-order valence-corrected chi connectivity index (χ1v) is 8.11. The van der Waals surface area contributed by atoms with Gasteiger partial charge in [0.05, 0.1) is 6.10 Å². The molecule has 126 valence electrons. The summed E-state index contributed by atoms with van der Waals surface area (Å²) in [6.45, 7) is 12.6. The summed E-state index contributed by atoms with van der Waals surface area (Å²) in [5.41, 5.74) is 3.46. The molecule has 0 fully saturated rings. The van der Waals surface area contributed by atoms with Gasteiger partial charge < -0.3 is 19.9 Å². The number of aliphatic hydroxyl groups is 1. The van der Waals surface area contributed by atoms with Gasteiger partial charge in [0.15, 0.2) is 0 Å². The van der Waals surface area contributed by atoms with E-state index >= 15 is 0 Å². The van der Waals surface area contributed by atoms with Crippen LogP contribution in [0.25, 0.3) is 0 Å². The molecule has 4 heteroatoms. The van der Waals surface area contributed by atoms with Crippen molar-refractivity contribution in [1.29, 1.82) is 0 Å². The van der Waals surface area contributed by atoms with Gasteiger partial charge in [0.1, 0.15) is 18.5 Å². The molecule has 0 amide bonds. The lowest BCUT2D eigenvalue weighted by Gasteiger charge is -2.17. The van der Waals surface area contributed by atoms with Crippen molar-refractivity contribution in [2.45, 2.75) is 53.2 Å². The molecule has 0 aliphatic rings. The van der Waals surface area contributed by atoms with Gasteiger partial charge >= 0.3 is 0 Å². The fourth-order valence-corrected chi connectivity index (χ4v) is 2.17. The predicted octanol–water partition coefficient (Wildman–Crippen LogP) is 2.76. The Bertz CT molecular complexity index is 446. The lowest BCUT2D eigenvalue weighted by molar-refractivity contribution is 0.0748. The number of ether oxygens (including phenoxy) is 2. The number of hydrogen-bond donors (Lipinski definition) is 2. The summed E-state index contributed by atoms with van der Waals surface area (Å²) in [6, 6.07) is 4.14. The zero-order valence-corrected chi connectivity index (χ0v) is 14.6. The summed E-state index contributed by atoms with van der Waals surface area (Å²) >= 11 is 0. The molecule has 0 saturated heterocycles. The highest BCUT2D eigenvalue weighted by atomic mass is 16.5. The van der Waals surface area contributed by atoms with Crippen LogP contribution < -0.4 is 10.1 Å². The molecule has 0 aliphatic carbocycles. The van der Waals surface area contributed by atoms with Crippen LogP contribution in [0.15, 0.2) is 12.1 Å². The van der Waals surface area contributed by atoms with E-state index in [0.29, 0.717) is 13.2 Å².